The first-order chi connectivity index (χ1) is 13.2. The summed E-state index contributed by atoms with van der Waals surface area (Å²) in [5.74, 6) is 0.802. The molecule has 0 bridgehead atoms. The van der Waals surface area contributed by atoms with Crippen molar-refractivity contribution in [3.8, 4) is 0 Å². The van der Waals surface area contributed by atoms with Crippen LogP contribution in [0.15, 0.2) is 41.4 Å². The molecular weight excluding hydrogens is 507 g/mol. The number of halogens is 2. The third kappa shape index (κ3) is 6.88. The van der Waals surface area contributed by atoms with Gasteiger partial charge in [-0.05, 0) is 36.8 Å². The van der Waals surface area contributed by atoms with Gasteiger partial charge in [0.1, 0.15) is 0 Å². The Labute approximate surface area is 193 Å². The van der Waals surface area contributed by atoms with Gasteiger partial charge >= 0.3 is 0 Å². The lowest BCUT2D eigenvalue weighted by Gasteiger charge is -2.34. The molecule has 1 aliphatic rings. The van der Waals surface area contributed by atoms with Crippen LogP contribution in [0.1, 0.15) is 21.4 Å². The highest BCUT2D eigenvalue weighted by atomic mass is 127. The van der Waals surface area contributed by atoms with Crippen LogP contribution < -0.4 is 10.6 Å². The lowest BCUT2D eigenvalue weighted by molar-refractivity contribution is 0.0177. The first-order valence-corrected chi connectivity index (χ1v) is 10.4. The molecule has 28 heavy (non-hydrogen) atoms. The third-order valence-corrected chi connectivity index (χ3v) is 5.99. The molecule has 2 N–H and O–H groups in total. The molecule has 1 aliphatic heterocycles. The molecule has 0 spiro atoms. The molecule has 3 rings (SSSR count). The number of rotatable bonds is 6. The van der Waals surface area contributed by atoms with E-state index < -0.39 is 0 Å². The second-order valence-corrected chi connectivity index (χ2v) is 8.30. The van der Waals surface area contributed by atoms with Gasteiger partial charge in [-0.2, -0.15) is 0 Å². The van der Waals surface area contributed by atoms with Crippen molar-refractivity contribution in [3.05, 3.63) is 56.7 Å². The summed E-state index contributed by atoms with van der Waals surface area (Å²) in [7, 11) is 1.80. The number of aliphatic imine (C=N–C) groups is 1. The minimum absolute atomic E-state index is 0. The number of thiophene rings is 1. The zero-order valence-corrected chi connectivity index (χ0v) is 20.2. The first-order valence-electron chi connectivity index (χ1n) is 9.23. The summed E-state index contributed by atoms with van der Waals surface area (Å²) in [6.07, 6.45) is 0. The Kier molecular flexibility index (Phi) is 10.0. The maximum atomic E-state index is 5.95. The standard InChI is InChI=1S/C20H27ClN4OS.HI/c1-15-3-8-19(27-15)18(25-9-11-26-12-10-25)14-24-20(22-2)23-13-16-4-6-17(21)7-5-16;/h3-8,18H,9-14H2,1-2H3,(H2,22,23,24);1H. The number of benzene rings is 1. The number of nitrogens with one attached hydrogen (secondary N) is 2. The number of morpholine rings is 1. The van der Waals surface area contributed by atoms with E-state index in [2.05, 4.69) is 39.6 Å². The molecule has 2 heterocycles. The maximum absolute atomic E-state index is 5.95. The van der Waals surface area contributed by atoms with Crippen LogP contribution >= 0.6 is 46.9 Å². The van der Waals surface area contributed by atoms with Gasteiger partial charge in [0, 0.05) is 48.0 Å². The van der Waals surface area contributed by atoms with Crippen molar-refractivity contribution < 1.29 is 4.74 Å². The van der Waals surface area contributed by atoms with E-state index in [1.54, 1.807) is 7.05 Å². The second-order valence-electron chi connectivity index (χ2n) is 6.55. The highest BCUT2D eigenvalue weighted by Crippen LogP contribution is 2.27. The number of hydrogen-bond acceptors (Lipinski definition) is 4. The van der Waals surface area contributed by atoms with Crippen LogP contribution in [0.5, 0.6) is 0 Å². The van der Waals surface area contributed by atoms with Crippen molar-refractivity contribution in [3.63, 3.8) is 0 Å². The highest BCUT2D eigenvalue weighted by molar-refractivity contribution is 14.0. The van der Waals surface area contributed by atoms with Gasteiger partial charge in [0.25, 0.3) is 0 Å². The Balaban J connectivity index is 0.00000280. The van der Waals surface area contributed by atoms with Gasteiger partial charge < -0.3 is 15.4 Å². The van der Waals surface area contributed by atoms with Crippen molar-refractivity contribution in [2.75, 3.05) is 39.9 Å². The fraction of sp³-hybridized carbons (Fsp3) is 0.450. The summed E-state index contributed by atoms with van der Waals surface area (Å²) in [5, 5.41) is 7.62. The number of hydrogen-bond donors (Lipinski definition) is 2. The Bertz CT molecular complexity index is 747. The minimum Gasteiger partial charge on any atom is -0.379 e. The summed E-state index contributed by atoms with van der Waals surface area (Å²) in [5.41, 5.74) is 1.17. The van der Waals surface area contributed by atoms with E-state index in [1.165, 1.54) is 15.3 Å². The fourth-order valence-electron chi connectivity index (χ4n) is 3.13. The minimum atomic E-state index is 0. The van der Waals surface area contributed by atoms with E-state index >= 15 is 0 Å². The Morgan fingerprint density at radius 3 is 2.50 bits per heavy atom. The normalized spacial score (nSPS) is 16.3. The van der Waals surface area contributed by atoms with E-state index in [0.717, 1.165) is 43.8 Å². The zero-order valence-electron chi connectivity index (χ0n) is 16.3. The molecule has 1 unspecified atom stereocenters. The quantitative estimate of drug-likeness (QED) is 0.333. The number of guanidine groups is 1. The zero-order chi connectivity index (χ0) is 19.1. The summed E-state index contributed by atoms with van der Waals surface area (Å²) in [4.78, 5) is 9.59. The van der Waals surface area contributed by atoms with Crippen LogP contribution in [0, 0.1) is 6.92 Å². The van der Waals surface area contributed by atoms with Crippen molar-refractivity contribution >= 4 is 52.9 Å². The monoisotopic (exact) mass is 534 g/mol. The van der Waals surface area contributed by atoms with Crippen molar-refractivity contribution in [2.45, 2.75) is 19.5 Å². The summed E-state index contributed by atoms with van der Waals surface area (Å²) >= 11 is 7.82. The molecule has 0 radical (unpaired) electrons. The summed E-state index contributed by atoms with van der Waals surface area (Å²) < 4.78 is 5.53. The lowest BCUT2D eigenvalue weighted by atomic mass is 10.2. The van der Waals surface area contributed by atoms with Gasteiger partial charge in [0.05, 0.1) is 19.3 Å². The molecular formula is C20H28ClIN4OS. The van der Waals surface area contributed by atoms with Crippen LogP contribution in [0.25, 0.3) is 0 Å². The van der Waals surface area contributed by atoms with E-state index in [4.69, 9.17) is 16.3 Å². The van der Waals surface area contributed by atoms with Crippen molar-refractivity contribution in [2.24, 2.45) is 4.99 Å². The number of ether oxygens (including phenoxy) is 1. The van der Waals surface area contributed by atoms with Gasteiger partial charge in [-0.3, -0.25) is 9.89 Å². The van der Waals surface area contributed by atoms with Gasteiger partial charge in [0.2, 0.25) is 0 Å². The molecule has 2 aromatic rings. The summed E-state index contributed by atoms with van der Waals surface area (Å²) in [6, 6.07) is 12.6. The summed E-state index contributed by atoms with van der Waals surface area (Å²) in [6.45, 7) is 7.18. The van der Waals surface area contributed by atoms with Crippen LogP contribution in [-0.4, -0.2) is 50.8 Å². The van der Waals surface area contributed by atoms with E-state index in [1.807, 2.05) is 35.6 Å². The molecule has 1 aromatic heterocycles. The van der Waals surface area contributed by atoms with Crippen LogP contribution in [0.4, 0.5) is 0 Å². The Morgan fingerprint density at radius 1 is 1.18 bits per heavy atom. The Hall–Kier alpha value is -0.870. The second kappa shape index (κ2) is 12.0. The average Bonchev–Trinajstić information content (AvgIpc) is 3.12. The van der Waals surface area contributed by atoms with Crippen LogP contribution in [0.2, 0.25) is 5.02 Å². The molecule has 1 aromatic carbocycles. The molecule has 1 saturated heterocycles. The molecule has 0 aliphatic carbocycles. The molecule has 1 fully saturated rings. The molecule has 1 atom stereocenters. The number of nitrogens with zero attached hydrogens (tertiary/aromatic N) is 2. The predicted octanol–water partition coefficient (Wildman–Crippen LogP) is 4.07. The fourth-order valence-corrected chi connectivity index (χ4v) is 4.27. The first kappa shape index (κ1) is 23.4. The molecule has 5 nitrogen and oxygen atoms in total. The SMILES string of the molecule is CN=C(NCc1ccc(Cl)cc1)NCC(c1ccc(C)s1)N1CCOCC1.I. The van der Waals surface area contributed by atoms with Gasteiger partial charge in [-0.15, -0.1) is 35.3 Å². The van der Waals surface area contributed by atoms with Gasteiger partial charge in [-0.1, -0.05) is 23.7 Å². The largest absolute Gasteiger partial charge is 0.379 e. The Morgan fingerprint density at radius 2 is 1.89 bits per heavy atom. The topological polar surface area (TPSA) is 48.9 Å². The molecule has 0 saturated carbocycles. The average molecular weight is 535 g/mol. The smallest absolute Gasteiger partial charge is 0.191 e. The van der Waals surface area contributed by atoms with E-state index in [-0.39, 0.29) is 24.0 Å². The van der Waals surface area contributed by atoms with Crippen molar-refractivity contribution in [1.29, 1.82) is 0 Å². The highest BCUT2D eigenvalue weighted by Gasteiger charge is 2.24. The van der Waals surface area contributed by atoms with Crippen molar-refractivity contribution in [1.82, 2.24) is 15.5 Å². The lowest BCUT2D eigenvalue weighted by Crippen LogP contribution is -2.46. The molecule has 0 amide bonds. The third-order valence-electron chi connectivity index (χ3n) is 4.64. The van der Waals surface area contributed by atoms with Crippen LogP contribution in [0.3, 0.4) is 0 Å². The molecule has 8 heteroatoms. The van der Waals surface area contributed by atoms with Gasteiger partial charge in [0.15, 0.2) is 5.96 Å². The van der Waals surface area contributed by atoms with E-state index in [9.17, 15) is 0 Å². The number of aryl methyl sites for hydroxylation is 1. The van der Waals surface area contributed by atoms with Crippen LogP contribution in [-0.2, 0) is 11.3 Å². The van der Waals surface area contributed by atoms with E-state index in [0.29, 0.717) is 12.6 Å². The predicted molar refractivity (Wildman–Crippen MR) is 129 cm³/mol. The molecule has 154 valence electrons. The maximum Gasteiger partial charge on any atom is 0.191 e. The van der Waals surface area contributed by atoms with Gasteiger partial charge in [-0.25, -0.2) is 0 Å².